The number of allylic oxidation sites excluding steroid dienone is 1. The molecule has 0 aliphatic carbocycles. The number of piperidine rings is 1. The van der Waals surface area contributed by atoms with Crippen molar-refractivity contribution in [3.63, 3.8) is 0 Å². The van der Waals surface area contributed by atoms with Crippen molar-refractivity contribution in [3.05, 3.63) is 89.3 Å². The molecule has 5 rings (SSSR count). The monoisotopic (exact) mass is 502 g/mol. The Labute approximate surface area is 213 Å². The summed E-state index contributed by atoms with van der Waals surface area (Å²) in [6, 6.07) is 7.05. The highest BCUT2D eigenvalue weighted by molar-refractivity contribution is 6.10. The Morgan fingerprint density at radius 3 is 2.78 bits per heavy atom. The molecule has 0 aromatic carbocycles. The predicted octanol–water partition coefficient (Wildman–Crippen LogP) is 3.96. The zero-order valence-corrected chi connectivity index (χ0v) is 20.2. The summed E-state index contributed by atoms with van der Waals surface area (Å²) in [5.74, 6) is -0.634. The van der Waals surface area contributed by atoms with Crippen molar-refractivity contribution in [1.82, 2.24) is 25.3 Å². The number of aromatic nitrogens is 4. The molecule has 37 heavy (non-hydrogen) atoms. The van der Waals surface area contributed by atoms with Crippen LogP contribution in [0.2, 0.25) is 0 Å². The van der Waals surface area contributed by atoms with Gasteiger partial charge >= 0.3 is 0 Å². The Kier molecular flexibility index (Phi) is 7.46. The van der Waals surface area contributed by atoms with E-state index in [-0.39, 0.29) is 12.6 Å². The van der Waals surface area contributed by atoms with Crippen LogP contribution in [0.5, 0.6) is 0 Å². The van der Waals surface area contributed by atoms with Gasteiger partial charge in [0.2, 0.25) is 5.95 Å². The number of hydrogen-bond donors (Lipinski definition) is 4. The number of nitrogens with one attached hydrogen (secondary N) is 3. The van der Waals surface area contributed by atoms with Crippen LogP contribution in [-0.2, 0) is 13.0 Å². The molecule has 0 saturated carbocycles. The molecular weight excluding hydrogens is 474 g/mol. The highest BCUT2D eigenvalue weighted by atomic mass is 19.1. The average Bonchev–Trinajstić information content (AvgIpc) is 3.32. The third-order valence-electron chi connectivity index (χ3n) is 6.40. The van der Waals surface area contributed by atoms with E-state index >= 15 is 0 Å². The number of fused-ring (bicyclic) bond motifs is 1. The van der Waals surface area contributed by atoms with Gasteiger partial charge in [-0.05, 0) is 55.3 Å². The van der Waals surface area contributed by atoms with Gasteiger partial charge in [0, 0.05) is 66.1 Å². The molecule has 1 aliphatic rings. The quantitative estimate of drug-likeness (QED) is 0.214. The number of aromatic amines is 1. The second kappa shape index (κ2) is 11.3. The van der Waals surface area contributed by atoms with E-state index in [4.69, 9.17) is 10.7 Å². The summed E-state index contributed by atoms with van der Waals surface area (Å²) in [4.78, 5) is 20.2. The van der Waals surface area contributed by atoms with Crippen LogP contribution in [0.4, 0.5) is 14.6 Å². The number of nitrogens with two attached hydrogens (primary N) is 1. The van der Waals surface area contributed by atoms with Crippen LogP contribution in [-0.4, -0.2) is 45.3 Å². The van der Waals surface area contributed by atoms with Crippen LogP contribution in [0.25, 0.3) is 16.6 Å². The first-order chi connectivity index (χ1) is 18.1. The molecule has 10 heteroatoms. The number of aliphatic imine (C=N–C) groups is 1. The number of pyridine rings is 3. The normalized spacial score (nSPS) is 15.0. The zero-order chi connectivity index (χ0) is 25.6. The number of hydrogen-bond acceptors (Lipinski definition) is 7. The molecule has 0 amide bonds. The maximum atomic E-state index is 14.9. The van der Waals surface area contributed by atoms with Gasteiger partial charge in [0.05, 0.1) is 12.2 Å². The third-order valence-corrected chi connectivity index (χ3v) is 6.40. The summed E-state index contributed by atoms with van der Waals surface area (Å²) in [6.45, 7) is 2.22. The lowest BCUT2D eigenvalue weighted by Gasteiger charge is -2.18. The zero-order valence-electron chi connectivity index (χ0n) is 20.2. The van der Waals surface area contributed by atoms with Crippen LogP contribution in [0.3, 0.4) is 0 Å². The molecule has 5 heterocycles. The molecule has 1 fully saturated rings. The summed E-state index contributed by atoms with van der Waals surface area (Å²) >= 11 is 0. The molecule has 4 aromatic heterocycles. The minimum atomic E-state index is -0.572. The molecule has 8 nitrogen and oxygen atoms in total. The average molecular weight is 503 g/mol. The van der Waals surface area contributed by atoms with Crippen molar-refractivity contribution in [2.75, 3.05) is 18.4 Å². The fourth-order valence-electron chi connectivity index (χ4n) is 4.36. The Bertz CT molecular complexity index is 1440. The first kappa shape index (κ1) is 24.5. The van der Waals surface area contributed by atoms with E-state index in [2.05, 4.69) is 30.6 Å². The lowest BCUT2D eigenvalue weighted by molar-refractivity contribution is 0.461. The molecule has 1 saturated heterocycles. The maximum absolute atomic E-state index is 14.9. The molecule has 0 atom stereocenters. The van der Waals surface area contributed by atoms with Crippen LogP contribution >= 0.6 is 0 Å². The number of halogens is 2. The molecule has 190 valence electrons. The van der Waals surface area contributed by atoms with Crippen molar-refractivity contribution in [1.29, 1.82) is 0 Å². The fraction of sp³-hybridized carbons (Fsp3) is 0.259. The third kappa shape index (κ3) is 5.97. The minimum absolute atomic E-state index is 0.283. The van der Waals surface area contributed by atoms with Crippen LogP contribution in [0, 0.1) is 11.8 Å². The van der Waals surface area contributed by atoms with Crippen LogP contribution < -0.4 is 16.4 Å². The number of rotatable bonds is 8. The second-order valence-electron chi connectivity index (χ2n) is 9.00. The van der Waals surface area contributed by atoms with Gasteiger partial charge in [0.25, 0.3) is 0 Å². The largest absolute Gasteiger partial charge is 0.404 e. The van der Waals surface area contributed by atoms with Gasteiger partial charge in [-0.15, -0.1) is 0 Å². The van der Waals surface area contributed by atoms with Gasteiger partial charge in [0.1, 0.15) is 17.3 Å². The molecule has 0 radical (unpaired) electrons. The molecular formula is C27H28F2N8. The Morgan fingerprint density at radius 2 is 2.00 bits per heavy atom. The van der Waals surface area contributed by atoms with Gasteiger partial charge in [-0.3, -0.25) is 9.98 Å². The Balaban J connectivity index is 1.31. The van der Waals surface area contributed by atoms with Crippen molar-refractivity contribution >= 4 is 28.6 Å². The molecule has 0 unspecified atom stereocenters. The lowest BCUT2D eigenvalue weighted by atomic mass is 10.0. The van der Waals surface area contributed by atoms with E-state index < -0.39 is 11.8 Å². The van der Waals surface area contributed by atoms with Crippen molar-refractivity contribution in [2.24, 2.45) is 10.7 Å². The van der Waals surface area contributed by atoms with Gasteiger partial charge in [-0.1, -0.05) is 6.07 Å². The first-order valence-corrected chi connectivity index (χ1v) is 12.2. The van der Waals surface area contributed by atoms with E-state index in [0.29, 0.717) is 29.0 Å². The summed E-state index contributed by atoms with van der Waals surface area (Å²) in [6.07, 6.45) is 12.0. The smallest absolute Gasteiger partial charge is 0.218 e. The molecule has 1 aliphatic heterocycles. The molecule has 4 aromatic rings. The van der Waals surface area contributed by atoms with Crippen molar-refractivity contribution in [3.8, 4) is 0 Å². The SMILES string of the molecule is NC=C(C=NC1CCNCC1)c1cnc2[nH]cc(Cc3ccc(NCc4cncc(F)c4)nc3F)c2c1. The number of anilines is 1. The molecule has 5 N–H and O–H groups in total. The van der Waals surface area contributed by atoms with Crippen LogP contribution in [0.1, 0.15) is 35.1 Å². The highest BCUT2D eigenvalue weighted by Gasteiger charge is 2.14. The van der Waals surface area contributed by atoms with Gasteiger partial charge < -0.3 is 21.4 Å². The van der Waals surface area contributed by atoms with Crippen molar-refractivity contribution in [2.45, 2.75) is 31.8 Å². The van der Waals surface area contributed by atoms with E-state index in [1.807, 2.05) is 18.5 Å². The van der Waals surface area contributed by atoms with Crippen LogP contribution in [0.15, 0.2) is 60.2 Å². The first-order valence-electron chi connectivity index (χ1n) is 12.2. The predicted molar refractivity (Wildman–Crippen MR) is 141 cm³/mol. The maximum Gasteiger partial charge on any atom is 0.218 e. The van der Waals surface area contributed by atoms with Gasteiger partial charge in [-0.25, -0.2) is 14.4 Å². The highest BCUT2D eigenvalue weighted by Crippen LogP contribution is 2.25. The lowest BCUT2D eigenvalue weighted by Crippen LogP contribution is -2.29. The van der Waals surface area contributed by atoms with Crippen molar-refractivity contribution < 1.29 is 8.78 Å². The molecule has 0 bridgehead atoms. The Hall–Kier alpha value is -4.18. The van der Waals surface area contributed by atoms with Gasteiger partial charge in [-0.2, -0.15) is 4.39 Å². The van der Waals surface area contributed by atoms with Gasteiger partial charge in [0.15, 0.2) is 0 Å². The minimum Gasteiger partial charge on any atom is -0.404 e. The number of nitrogens with zero attached hydrogens (tertiary/aromatic N) is 4. The van der Waals surface area contributed by atoms with E-state index in [9.17, 15) is 8.78 Å². The van der Waals surface area contributed by atoms with E-state index in [1.54, 1.807) is 24.5 Å². The standard InChI is InChI=1S/C27H28F2N8/c28-22-7-17(11-32-16-22)12-34-25-2-1-18(26(29)37-25)8-20-14-36-27-24(20)9-19(13-35-27)21(10-30)15-33-23-3-5-31-6-4-23/h1-2,7,9-11,13-16,23,31H,3-6,8,12,30H2,(H,34,37)(H,35,36). The van der Waals surface area contributed by atoms with E-state index in [0.717, 1.165) is 54.2 Å². The molecule has 0 spiro atoms. The summed E-state index contributed by atoms with van der Waals surface area (Å²) in [7, 11) is 0. The number of H-pyrrole nitrogens is 1. The summed E-state index contributed by atoms with van der Waals surface area (Å²) in [5.41, 5.74) is 10.2. The Morgan fingerprint density at radius 1 is 1.14 bits per heavy atom. The summed E-state index contributed by atoms with van der Waals surface area (Å²) < 4.78 is 28.2. The summed E-state index contributed by atoms with van der Waals surface area (Å²) in [5, 5.41) is 7.22. The fourth-order valence-corrected chi connectivity index (χ4v) is 4.36. The topological polar surface area (TPSA) is 117 Å². The van der Waals surface area contributed by atoms with E-state index in [1.165, 1.54) is 12.3 Å². The second-order valence-corrected chi connectivity index (χ2v) is 9.00.